The monoisotopic (exact) mass is 386 g/mol. The lowest BCUT2D eigenvalue weighted by Crippen LogP contribution is -2.70. The van der Waals surface area contributed by atoms with Crippen molar-refractivity contribution >= 4 is 12.2 Å². The molecule has 4 aliphatic rings. The van der Waals surface area contributed by atoms with E-state index >= 15 is 0 Å². The highest BCUT2D eigenvalue weighted by atomic mass is 16.6. The Bertz CT molecular complexity index is 727. The fraction of sp³-hybridized carbons (Fsp3) is 0.636. The summed E-state index contributed by atoms with van der Waals surface area (Å²) >= 11 is 0. The van der Waals surface area contributed by atoms with Crippen LogP contribution in [0.2, 0.25) is 0 Å². The molecule has 2 saturated heterocycles. The van der Waals surface area contributed by atoms with Gasteiger partial charge in [-0.05, 0) is 64.4 Å². The first-order valence-corrected chi connectivity index (χ1v) is 10.2. The lowest BCUT2D eigenvalue weighted by Gasteiger charge is -2.61. The van der Waals surface area contributed by atoms with Crippen molar-refractivity contribution in [2.45, 2.75) is 82.7 Å². The molecular weight excluding hydrogens is 356 g/mol. The average Bonchev–Trinajstić information content (AvgIpc) is 2.58. The smallest absolute Gasteiger partial charge is 0.410 e. The molecule has 2 atom stereocenters. The Hall–Kier alpha value is -2.24. The van der Waals surface area contributed by atoms with E-state index in [4.69, 9.17) is 9.47 Å². The second-order valence-corrected chi connectivity index (χ2v) is 9.61. The number of nitrogens with zero attached hydrogens (tertiary/aromatic N) is 1. The molecule has 0 radical (unpaired) electrons. The van der Waals surface area contributed by atoms with Gasteiger partial charge in [-0.2, -0.15) is 0 Å². The van der Waals surface area contributed by atoms with Crippen LogP contribution in [-0.4, -0.2) is 40.3 Å². The lowest BCUT2D eigenvalue weighted by atomic mass is 9.59. The number of nitrogens with one attached hydrogen (secondary N) is 1. The molecule has 5 rings (SSSR count). The number of alkyl carbamates (subject to hydrolysis) is 1. The van der Waals surface area contributed by atoms with Gasteiger partial charge >= 0.3 is 12.2 Å². The van der Waals surface area contributed by atoms with Crippen molar-refractivity contribution in [3.8, 4) is 0 Å². The normalized spacial score (nSPS) is 30.8. The van der Waals surface area contributed by atoms with Crippen molar-refractivity contribution in [2.75, 3.05) is 0 Å². The minimum atomic E-state index is -0.497. The predicted octanol–water partition coefficient (Wildman–Crippen LogP) is 4.23. The summed E-state index contributed by atoms with van der Waals surface area (Å²) in [6.45, 7) is 5.96. The van der Waals surface area contributed by atoms with Crippen molar-refractivity contribution in [3.63, 3.8) is 0 Å². The highest BCUT2D eigenvalue weighted by molar-refractivity contribution is 5.71. The number of rotatable bonds is 3. The van der Waals surface area contributed by atoms with Gasteiger partial charge in [-0.15, -0.1) is 0 Å². The molecule has 6 nitrogen and oxygen atoms in total. The van der Waals surface area contributed by atoms with Gasteiger partial charge < -0.3 is 19.7 Å². The van der Waals surface area contributed by atoms with Crippen LogP contribution in [-0.2, 0) is 16.1 Å². The van der Waals surface area contributed by atoms with E-state index in [9.17, 15) is 9.59 Å². The topological polar surface area (TPSA) is 67.9 Å². The van der Waals surface area contributed by atoms with Crippen molar-refractivity contribution in [3.05, 3.63) is 35.9 Å². The summed E-state index contributed by atoms with van der Waals surface area (Å²) in [4.78, 5) is 27.1. The zero-order valence-electron chi connectivity index (χ0n) is 16.9. The maximum absolute atomic E-state index is 12.7. The third-order valence-corrected chi connectivity index (χ3v) is 6.11. The first kappa shape index (κ1) is 19.1. The summed E-state index contributed by atoms with van der Waals surface area (Å²) in [6.07, 6.45) is 3.94. The van der Waals surface area contributed by atoms with Crippen LogP contribution in [0.4, 0.5) is 9.59 Å². The number of piperidine rings is 2. The molecule has 2 saturated carbocycles. The second kappa shape index (κ2) is 6.98. The maximum atomic E-state index is 12.7. The number of carbonyl (C=O) groups excluding carboxylic acids is 2. The largest absolute Gasteiger partial charge is 0.445 e. The molecule has 4 bridgehead atoms. The second-order valence-electron chi connectivity index (χ2n) is 9.61. The number of ether oxygens (including phenoxy) is 2. The Labute approximate surface area is 166 Å². The summed E-state index contributed by atoms with van der Waals surface area (Å²) in [6, 6.07) is 9.95. The standard InChI is InChI=1S/C22H30N2O4/c1-21(2,3)28-20(26)24-17-9-16-10-18(24)13-22(11-16,12-17)23-19(25)27-14-15-7-5-4-6-8-15/h4-8,16-18H,9-14H2,1-3H3,(H,23,25). The molecule has 1 aromatic rings. The zero-order chi connectivity index (χ0) is 19.9. The van der Waals surface area contributed by atoms with Crippen LogP contribution in [0.3, 0.4) is 0 Å². The Morgan fingerprint density at radius 1 is 1.11 bits per heavy atom. The molecule has 4 fully saturated rings. The van der Waals surface area contributed by atoms with Crippen LogP contribution < -0.4 is 5.32 Å². The highest BCUT2D eigenvalue weighted by Gasteiger charge is 2.57. The fourth-order valence-corrected chi connectivity index (χ4v) is 5.37. The van der Waals surface area contributed by atoms with Gasteiger partial charge in [-0.3, -0.25) is 0 Å². The van der Waals surface area contributed by atoms with Crippen molar-refractivity contribution in [2.24, 2.45) is 5.92 Å². The average molecular weight is 386 g/mol. The van der Waals surface area contributed by atoms with Crippen molar-refractivity contribution < 1.29 is 19.1 Å². The minimum absolute atomic E-state index is 0.135. The Morgan fingerprint density at radius 2 is 1.75 bits per heavy atom. The molecule has 0 aromatic heterocycles. The van der Waals surface area contributed by atoms with Gasteiger partial charge in [0, 0.05) is 17.6 Å². The van der Waals surface area contributed by atoms with Gasteiger partial charge in [0.15, 0.2) is 0 Å². The Balaban J connectivity index is 1.39. The number of benzene rings is 1. The Kier molecular flexibility index (Phi) is 4.76. The molecule has 1 N–H and O–H groups in total. The molecule has 2 heterocycles. The van der Waals surface area contributed by atoms with E-state index in [1.807, 2.05) is 56.0 Å². The third-order valence-electron chi connectivity index (χ3n) is 6.11. The van der Waals surface area contributed by atoms with Crippen LogP contribution in [0.25, 0.3) is 0 Å². The van der Waals surface area contributed by atoms with E-state index in [2.05, 4.69) is 5.32 Å². The molecule has 0 spiro atoms. The molecule has 2 amide bonds. The van der Waals surface area contributed by atoms with Gasteiger partial charge in [0.1, 0.15) is 12.2 Å². The number of hydrogen-bond acceptors (Lipinski definition) is 4. The summed E-state index contributed by atoms with van der Waals surface area (Å²) < 4.78 is 11.1. The van der Waals surface area contributed by atoms with E-state index in [1.165, 1.54) is 0 Å². The summed E-state index contributed by atoms with van der Waals surface area (Å²) in [5.74, 6) is 0.547. The third kappa shape index (κ3) is 3.96. The van der Waals surface area contributed by atoms with Crippen molar-refractivity contribution in [1.82, 2.24) is 10.2 Å². The lowest BCUT2D eigenvalue weighted by molar-refractivity contribution is -0.0843. The van der Waals surface area contributed by atoms with Gasteiger partial charge in [0.05, 0.1) is 0 Å². The molecule has 152 valence electrons. The molecule has 1 aromatic carbocycles. The molecule has 2 aliphatic heterocycles. The van der Waals surface area contributed by atoms with E-state index < -0.39 is 5.60 Å². The van der Waals surface area contributed by atoms with Gasteiger partial charge in [-0.1, -0.05) is 30.3 Å². The van der Waals surface area contributed by atoms with E-state index in [0.717, 1.165) is 37.7 Å². The SMILES string of the molecule is CC(C)(C)OC(=O)N1C2CC3CC1CC(NC(=O)OCc1ccccc1)(C3)C2. The molecule has 28 heavy (non-hydrogen) atoms. The van der Waals surface area contributed by atoms with Crippen LogP contribution in [0.1, 0.15) is 58.4 Å². The number of carbonyl (C=O) groups is 2. The zero-order valence-corrected chi connectivity index (χ0v) is 16.9. The van der Waals surface area contributed by atoms with Gasteiger partial charge in [0.2, 0.25) is 0 Å². The van der Waals surface area contributed by atoms with Crippen LogP contribution in [0.5, 0.6) is 0 Å². The quantitative estimate of drug-likeness (QED) is 0.844. The van der Waals surface area contributed by atoms with E-state index in [1.54, 1.807) is 0 Å². The first-order chi connectivity index (χ1) is 13.2. The van der Waals surface area contributed by atoms with Gasteiger partial charge in [0.25, 0.3) is 0 Å². The van der Waals surface area contributed by atoms with E-state index in [-0.39, 0.29) is 36.4 Å². The number of hydrogen-bond donors (Lipinski definition) is 1. The summed E-state index contributed by atoms with van der Waals surface area (Å²) in [7, 11) is 0. The highest BCUT2D eigenvalue weighted by Crippen LogP contribution is 2.51. The fourth-order valence-electron chi connectivity index (χ4n) is 5.37. The van der Waals surface area contributed by atoms with Gasteiger partial charge in [-0.25, -0.2) is 9.59 Å². The maximum Gasteiger partial charge on any atom is 0.410 e. The van der Waals surface area contributed by atoms with Crippen LogP contribution >= 0.6 is 0 Å². The van der Waals surface area contributed by atoms with E-state index in [0.29, 0.717) is 5.92 Å². The number of amides is 2. The Morgan fingerprint density at radius 3 is 2.36 bits per heavy atom. The minimum Gasteiger partial charge on any atom is -0.445 e. The molecule has 2 unspecified atom stereocenters. The summed E-state index contributed by atoms with van der Waals surface area (Å²) in [5, 5.41) is 3.16. The summed E-state index contributed by atoms with van der Waals surface area (Å²) in [5.41, 5.74) is 0.213. The first-order valence-electron chi connectivity index (χ1n) is 10.2. The predicted molar refractivity (Wildman–Crippen MR) is 105 cm³/mol. The van der Waals surface area contributed by atoms with Crippen molar-refractivity contribution in [1.29, 1.82) is 0 Å². The molecular formula is C22H30N2O4. The van der Waals surface area contributed by atoms with Crippen LogP contribution in [0, 0.1) is 5.92 Å². The molecule has 2 aliphatic carbocycles. The molecule has 6 heteroatoms. The van der Waals surface area contributed by atoms with Crippen LogP contribution in [0.15, 0.2) is 30.3 Å².